The van der Waals surface area contributed by atoms with Crippen LogP contribution in [0.25, 0.3) is 11.1 Å². The van der Waals surface area contributed by atoms with Gasteiger partial charge < -0.3 is 15.1 Å². The highest BCUT2D eigenvalue weighted by Crippen LogP contribution is 2.21. The maximum Gasteiger partial charge on any atom is 0.237 e. The molecular weight excluding hydrogens is 376 g/mol. The van der Waals surface area contributed by atoms with Crippen molar-refractivity contribution in [3.63, 3.8) is 0 Å². The van der Waals surface area contributed by atoms with Gasteiger partial charge in [0.25, 0.3) is 0 Å². The average Bonchev–Trinajstić information content (AvgIpc) is 2.75. The van der Waals surface area contributed by atoms with Gasteiger partial charge in [-0.3, -0.25) is 14.5 Å². The second-order valence-electron chi connectivity index (χ2n) is 8.16. The molecule has 6 nitrogen and oxygen atoms in total. The van der Waals surface area contributed by atoms with E-state index in [-0.39, 0.29) is 18.2 Å². The van der Waals surface area contributed by atoms with Crippen LogP contribution in [-0.2, 0) is 16.1 Å². The van der Waals surface area contributed by atoms with Gasteiger partial charge in [-0.2, -0.15) is 0 Å². The first-order chi connectivity index (χ1) is 14.4. The molecule has 1 aliphatic heterocycles. The molecule has 1 atom stereocenters. The zero-order valence-corrected chi connectivity index (χ0v) is 18.2. The fraction of sp³-hybridized carbons (Fsp3) is 0.417. The number of nitrogens with one attached hydrogen (secondary N) is 1. The smallest absolute Gasteiger partial charge is 0.237 e. The van der Waals surface area contributed by atoms with E-state index in [1.165, 1.54) is 11.1 Å². The van der Waals surface area contributed by atoms with E-state index in [4.69, 9.17) is 0 Å². The number of likely N-dealkylation sites (N-methyl/N-ethyl adjacent to an activating group) is 2. The highest BCUT2D eigenvalue weighted by Gasteiger charge is 2.32. The molecule has 0 bridgehead atoms. The molecule has 0 spiro atoms. The summed E-state index contributed by atoms with van der Waals surface area (Å²) < 4.78 is 0. The molecule has 1 N–H and O–H groups in total. The van der Waals surface area contributed by atoms with E-state index in [0.717, 1.165) is 18.7 Å². The minimum Gasteiger partial charge on any atom is -0.353 e. The number of carbonyl (C=O) groups excluding carboxylic acids is 2. The van der Waals surface area contributed by atoms with E-state index in [1.807, 2.05) is 37.2 Å². The molecule has 3 rings (SSSR count). The quantitative estimate of drug-likeness (QED) is 0.727. The molecule has 2 aromatic rings. The lowest BCUT2D eigenvalue weighted by molar-refractivity contribution is -0.138. The molecule has 0 aliphatic carbocycles. The molecule has 6 heteroatoms. The summed E-state index contributed by atoms with van der Waals surface area (Å²) in [7, 11) is 5.77. The number of nitrogens with zero attached hydrogens (tertiary/aromatic N) is 3. The Morgan fingerprint density at radius 3 is 2.33 bits per heavy atom. The first-order valence-corrected chi connectivity index (χ1v) is 10.5. The molecule has 1 saturated heterocycles. The lowest BCUT2D eigenvalue weighted by atomic mass is 10.0. The summed E-state index contributed by atoms with van der Waals surface area (Å²) in [5, 5.41) is 2.91. The summed E-state index contributed by atoms with van der Waals surface area (Å²) in [6.45, 7) is 3.47. The topological polar surface area (TPSA) is 55.9 Å². The number of benzene rings is 2. The molecular formula is C24H32N4O2. The van der Waals surface area contributed by atoms with Gasteiger partial charge in [-0.15, -0.1) is 0 Å². The zero-order valence-electron chi connectivity index (χ0n) is 18.2. The van der Waals surface area contributed by atoms with Crippen LogP contribution in [0.4, 0.5) is 0 Å². The maximum absolute atomic E-state index is 12.7. The lowest BCUT2D eigenvalue weighted by Crippen LogP contribution is -2.56. The molecule has 2 amide bonds. The Balaban J connectivity index is 1.64. The van der Waals surface area contributed by atoms with Crippen molar-refractivity contribution in [2.75, 3.05) is 47.3 Å². The maximum atomic E-state index is 12.7. The van der Waals surface area contributed by atoms with Crippen LogP contribution in [-0.4, -0.2) is 79.9 Å². The monoisotopic (exact) mass is 408 g/mol. The summed E-state index contributed by atoms with van der Waals surface area (Å²) in [5.41, 5.74) is 3.50. The van der Waals surface area contributed by atoms with E-state index in [9.17, 15) is 9.59 Å². The van der Waals surface area contributed by atoms with Crippen molar-refractivity contribution in [1.82, 2.24) is 20.0 Å². The summed E-state index contributed by atoms with van der Waals surface area (Å²) in [5.74, 6) is -0.0557. The highest BCUT2D eigenvalue weighted by molar-refractivity contribution is 5.88. The van der Waals surface area contributed by atoms with Crippen LogP contribution < -0.4 is 5.32 Å². The Labute approximate surface area is 179 Å². The zero-order chi connectivity index (χ0) is 21.5. The number of piperazine rings is 1. The standard InChI is InChI=1S/C24H32N4O2/c1-26(2)15-16-27(3)23(29)17-22-24(30)25-13-14-28(22)18-19-9-11-21(12-10-19)20-7-5-4-6-8-20/h4-12,22H,13-18H2,1-3H3,(H,25,30)/t22-/m1/s1. The normalized spacial score (nSPS) is 17.1. The van der Waals surface area contributed by atoms with Crippen LogP contribution in [0, 0.1) is 0 Å². The van der Waals surface area contributed by atoms with Crippen molar-refractivity contribution in [1.29, 1.82) is 0 Å². The number of amides is 2. The van der Waals surface area contributed by atoms with E-state index in [2.05, 4.69) is 46.6 Å². The predicted octanol–water partition coefficient (Wildman–Crippen LogP) is 2.06. The second kappa shape index (κ2) is 10.4. The van der Waals surface area contributed by atoms with Gasteiger partial charge in [-0.05, 0) is 30.8 Å². The molecule has 2 aromatic carbocycles. The Hall–Kier alpha value is -2.70. The molecule has 0 aromatic heterocycles. The van der Waals surface area contributed by atoms with Gasteiger partial charge in [0, 0.05) is 39.8 Å². The predicted molar refractivity (Wildman–Crippen MR) is 120 cm³/mol. The van der Waals surface area contributed by atoms with E-state index >= 15 is 0 Å². The third kappa shape index (κ3) is 5.90. The van der Waals surface area contributed by atoms with E-state index < -0.39 is 6.04 Å². The summed E-state index contributed by atoms with van der Waals surface area (Å²) in [6, 6.07) is 18.3. The van der Waals surface area contributed by atoms with Gasteiger partial charge in [0.1, 0.15) is 0 Å². The van der Waals surface area contributed by atoms with Gasteiger partial charge in [0.2, 0.25) is 11.8 Å². The van der Waals surface area contributed by atoms with Crippen LogP contribution in [0.5, 0.6) is 0 Å². The van der Waals surface area contributed by atoms with Gasteiger partial charge in [-0.25, -0.2) is 0 Å². The number of hydrogen-bond acceptors (Lipinski definition) is 4. The summed E-state index contributed by atoms with van der Waals surface area (Å²) in [6.07, 6.45) is 0.206. The minimum atomic E-state index is -0.429. The lowest BCUT2D eigenvalue weighted by Gasteiger charge is -2.35. The molecule has 160 valence electrons. The van der Waals surface area contributed by atoms with Crippen molar-refractivity contribution < 1.29 is 9.59 Å². The SMILES string of the molecule is CN(C)CCN(C)C(=O)C[C@@H]1C(=O)NCCN1Cc1ccc(-c2ccccc2)cc1. The van der Waals surface area contributed by atoms with Gasteiger partial charge >= 0.3 is 0 Å². The van der Waals surface area contributed by atoms with E-state index in [0.29, 0.717) is 19.6 Å². The molecule has 1 aliphatic rings. The number of carbonyl (C=O) groups is 2. The largest absolute Gasteiger partial charge is 0.353 e. The number of rotatable bonds is 8. The first-order valence-electron chi connectivity index (χ1n) is 10.5. The summed E-state index contributed by atoms with van der Waals surface area (Å²) >= 11 is 0. The molecule has 0 unspecified atom stereocenters. The van der Waals surface area contributed by atoms with Crippen molar-refractivity contribution >= 4 is 11.8 Å². The van der Waals surface area contributed by atoms with Gasteiger partial charge in [0.05, 0.1) is 12.5 Å². The van der Waals surface area contributed by atoms with Gasteiger partial charge in [0.15, 0.2) is 0 Å². The van der Waals surface area contributed by atoms with Crippen LogP contribution in [0.3, 0.4) is 0 Å². The third-order valence-corrected chi connectivity index (χ3v) is 5.56. The fourth-order valence-electron chi connectivity index (χ4n) is 3.64. The molecule has 0 radical (unpaired) electrons. The number of hydrogen-bond donors (Lipinski definition) is 1. The summed E-state index contributed by atoms with van der Waals surface area (Å²) in [4.78, 5) is 31.1. The van der Waals surface area contributed by atoms with E-state index in [1.54, 1.807) is 11.9 Å². The van der Waals surface area contributed by atoms with Crippen LogP contribution >= 0.6 is 0 Å². The molecule has 1 fully saturated rings. The van der Waals surface area contributed by atoms with Crippen molar-refractivity contribution in [2.24, 2.45) is 0 Å². The Bertz CT molecular complexity index is 836. The Morgan fingerprint density at radius 2 is 1.67 bits per heavy atom. The van der Waals surface area contributed by atoms with Crippen LogP contribution in [0.1, 0.15) is 12.0 Å². The minimum absolute atomic E-state index is 0.00308. The third-order valence-electron chi connectivity index (χ3n) is 5.56. The Morgan fingerprint density at radius 1 is 1.00 bits per heavy atom. The van der Waals surface area contributed by atoms with Gasteiger partial charge in [-0.1, -0.05) is 54.6 Å². The second-order valence-corrected chi connectivity index (χ2v) is 8.16. The fourth-order valence-corrected chi connectivity index (χ4v) is 3.64. The van der Waals surface area contributed by atoms with Crippen molar-refractivity contribution in [3.05, 3.63) is 60.2 Å². The molecule has 30 heavy (non-hydrogen) atoms. The Kier molecular flexibility index (Phi) is 7.60. The molecule has 0 saturated carbocycles. The van der Waals surface area contributed by atoms with Crippen LogP contribution in [0.15, 0.2) is 54.6 Å². The molecule has 1 heterocycles. The van der Waals surface area contributed by atoms with Crippen LogP contribution in [0.2, 0.25) is 0 Å². The first kappa shape index (κ1) is 22.0. The highest BCUT2D eigenvalue weighted by atomic mass is 16.2. The van der Waals surface area contributed by atoms with Crippen molar-refractivity contribution in [2.45, 2.75) is 19.0 Å². The van der Waals surface area contributed by atoms with Crippen molar-refractivity contribution in [3.8, 4) is 11.1 Å². The average molecular weight is 409 g/mol.